The molecule has 0 aromatic heterocycles. The summed E-state index contributed by atoms with van der Waals surface area (Å²) < 4.78 is 0. The molecule has 0 aliphatic carbocycles. The quantitative estimate of drug-likeness (QED) is 0.512. The van der Waals surface area contributed by atoms with E-state index in [0.717, 1.165) is 6.21 Å². The Hall–Kier alpha value is -3.55. The van der Waals surface area contributed by atoms with Crippen LogP contribution in [0, 0.1) is 10.1 Å². The van der Waals surface area contributed by atoms with Gasteiger partial charge in [0.15, 0.2) is 5.71 Å². The predicted molar refractivity (Wildman–Crippen MR) is 84.0 cm³/mol. The minimum absolute atomic E-state index is 0.134. The average molecular weight is 310 g/mol. The Kier molecular flexibility index (Phi) is 3.55. The molecule has 0 spiro atoms. The number of amides is 1. The van der Waals surface area contributed by atoms with Crippen LogP contribution < -0.4 is 5.32 Å². The number of carbonyl (C=O) groups is 1. The zero-order chi connectivity index (χ0) is 16.4. The number of aromatic hydroxyl groups is 1. The largest absolute Gasteiger partial charge is 0.507 e. The number of anilines is 1. The number of non-ortho nitro benzene ring substituents is 1. The van der Waals surface area contributed by atoms with E-state index in [2.05, 4.69) is 15.5 Å². The minimum atomic E-state index is -0.580. The van der Waals surface area contributed by atoms with E-state index in [9.17, 15) is 20.0 Å². The van der Waals surface area contributed by atoms with Crippen LogP contribution in [0.3, 0.4) is 0 Å². The van der Waals surface area contributed by atoms with E-state index in [4.69, 9.17) is 0 Å². The third-order valence-electron chi connectivity index (χ3n) is 3.22. The number of nitrogens with one attached hydrogen (secondary N) is 1. The van der Waals surface area contributed by atoms with E-state index in [1.165, 1.54) is 18.2 Å². The molecule has 2 aromatic rings. The van der Waals surface area contributed by atoms with Gasteiger partial charge in [0.1, 0.15) is 5.75 Å². The number of rotatable bonds is 3. The van der Waals surface area contributed by atoms with Crippen LogP contribution in [0.1, 0.15) is 11.1 Å². The number of para-hydroxylation sites is 1. The van der Waals surface area contributed by atoms with Crippen molar-refractivity contribution in [1.82, 2.24) is 0 Å². The molecular weight excluding hydrogens is 300 g/mol. The first kappa shape index (κ1) is 14.4. The van der Waals surface area contributed by atoms with Crippen molar-refractivity contribution in [2.75, 3.05) is 5.32 Å². The van der Waals surface area contributed by atoms with Gasteiger partial charge in [-0.1, -0.05) is 18.2 Å². The van der Waals surface area contributed by atoms with Gasteiger partial charge in [0.05, 0.1) is 16.8 Å². The van der Waals surface area contributed by atoms with Crippen LogP contribution in [0.4, 0.5) is 11.4 Å². The number of fused-ring (bicyclic) bond motifs is 1. The van der Waals surface area contributed by atoms with Gasteiger partial charge in [-0.2, -0.15) is 5.10 Å². The SMILES string of the molecule is O=C1Nc2ccccc2/C1=N/N=C/c1cc([N+](=O)[O-])ccc1O. The maximum Gasteiger partial charge on any atom is 0.276 e. The number of hydrogen-bond donors (Lipinski definition) is 2. The summed E-state index contributed by atoms with van der Waals surface area (Å²) in [5.41, 5.74) is 1.36. The fraction of sp³-hybridized carbons (Fsp3) is 0. The van der Waals surface area contributed by atoms with Crippen molar-refractivity contribution in [3.8, 4) is 5.75 Å². The fourth-order valence-electron chi connectivity index (χ4n) is 2.11. The Bertz CT molecular complexity index is 874. The number of nitro benzene ring substituents is 1. The summed E-state index contributed by atoms with van der Waals surface area (Å²) in [6.45, 7) is 0. The molecule has 3 rings (SSSR count). The molecule has 1 aliphatic rings. The van der Waals surface area contributed by atoms with Gasteiger partial charge in [0.2, 0.25) is 0 Å². The summed E-state index contributed by atoms with van der Waals surface area (Å²) in [6.07, 6.45) is 1.16. The van der Waals surface area contributed by atoms with E-state index >= 15 is 0 Å². The summed E-state index contributed by atoms with van der Waals surface area (Å²) in [7, 11) is 0. The number of carbonyl (C=O) groups excluding carboxylic acids is 1. The second-order valence-corrected chi connectivity index (χ2v) is 4.69. The highest BCUT2D eigenvalue weighted by Gasteiger charge is 2.25. The lowest BCUT2D eigenvalue weighted by atomic mass is 10.1. The Morgan fingerprint density at radius 2 is 2.00 bits per heavy atom. The van der Waals surface area contributed by atoms with Crippen LogP contribution in [0.5, 0.6) is 5.75 Å². The monoisotopic (exact) mass is 310 g/mol. The first-order chi connectivity index (χ1) is 11.1. The molecule has 23 heavy (non-hydrogen) atoms. The Morgan fingerprint density at radius 3 is 2.78 bits per heavy atom. The highest BCUT2D eigenvalue weighted by molar-refractivity contribution is 6.53. The Labute approximate surface area is 129 Å². The van der Waals surface area contributed by atoms with E-state index in [1.54, 1.807) is 24.3 Å². The van der Waals surface area contributed by atoms with Crippen molar-refractivity contribution >= 4 is 29.2 Å². The van der Waals surface area contributed by atoms with E-state index in [-0.39, 0.29) is 28.6 Å². The molecule has 0 saturated heterocycles. The van der Waals surface area contributed by atoms with Crippen molar-refractivity contribution in [1.29, 1.82) is 0 Å². The number of nitro groups is 1. The third-order valence-corrected chi connectivity index (χ3v) is 3.22. The number of nitrogens with zero attached hydrogens (tertiary/aromatic N) is 3. The lowest BCUT2D eigenvalue weighted by molar-refractivity contribution is -0.384. The van der Waals surface area contributed by atoms with Gasteiger partial charge in [-0.25, -0.2) is 0 Å². The molecule has 8 heteroatoms. The molecule has 0 saturated carbocycles. The molecule has 8 nitrogen and oxygen atoms in total. The topological polar surface area (TPSA) is 117 Å². The van der Waals surface area contributed by atoms with Gasteiger partial charge >= 0.3 is 0 Å². The molecule has 0 fully saturated rings. The molecule has 1 amide bonds. The predicted octanol–water partition coefficient (Wildman–Crippen LogP) is 2.08. The lowest BCUT2D eigenvalue weighted by Crippen LogP contribution is -2.13. The first-order valence-electron chi connectivity index (χ1n) is 6.55. The van der Waals surface area contributed by atoms with Gasteiger partial charge in [-0.15, -0.1) is 5.10 Å². The zero-order valence-corrected chi connectivity index (χ0v) is 11.6. The smallest absolute Gasteiger partial charge is 0.276 e. The van der Waals surface area contributed by atoms with Crippen molar-refractivity contribution in [2.24, 2.45) is 10.2 Å². The molecule has 0 radical (unpaired) electrons. The van der Waals surface area contributed by atoms with Gasteiger partial charge in [-0.3, -0.25) is 14.9 Å². The number of phenols is 1. The Morgan fingerprint density at radius 1 is 1.22 bits per heavy atom. The first-order valence-corrected chi connectivity index (χ1v) is 6.55. The summed E-state index contributed by atoms with van der Waals surface area (Å²) >= 11 is 0. The molecule has 0 atom stereocenters. The third kappa shape index (κ3) is 2.77. The standard InChI is InChI=1S/C15H10N4O4/c20-13-6-5-10(19(22)23)7-9(13)8-16-18-14-11-3-1-2-4-12(11)17-15(14)21/h1-8,20H,(H,17,18,21)/b16-8+. The fourth-order valence-corrected chi connectivity index (χ4v) is 2.11. The molecule has 114 valence electrons. The van der Waals surface area contributed by atoms with Crippen molar-refractivity contribution in [3.63, 3.8) is 0 Å². The van der Waals surface area contributed by atoms with E-state index < -0.39 is 4.92 Å². The van der Waals surface area contributed by atoms with Crippen LogP contribution in [0.2, 0.25) is 0 Å². The molecule has 1 heterocycles. The van der Waals surface area contributed by atoms with Gasteiger partial charge in [-0.05, 0) is 12.1 Å². The molecular formula is C15H10N4O4. The van der Waals surface area contributed by atoms with Gasteiger partial charge in [0, 0.05) is 23.3 Å². The normalized spacial score (nSPS) is 15.0. The van der Waals surface area contributed by atoms with Gasteiger partial charge < -0.3 is 10.4 Å². The van der Waals surface area contributed by atoms with Crippen molar-refractivity contribution < 1.29 is 14.8 Å². The number of phenolic OH excluding ortho intramolecular Hbond substituents is 1. The molecule has 2 aromatic carbocycles. The highest BCUT2D eigenvalue weighted by atomic mass is 16.6. The van der Waals surface area contributed by atoms with Gasteiger partial charge in [0.25, 0.3) is 11.6 Å². The Balaban J connectivity index is 1.91. The summed E-state index contributed by atoms with van der Waals surface area (Å²) in [4.78, 5) is 22.0. The van der Waals surface area contributed by atoms with Crippen LogP contribution in [0.15, 0.2) is 52.7 Å². The zero-order valence-electron chi connectivity index (χ0n) is 11.6. The van der Waals surface area contributed by atoms with Crippen LogP contribution in [0.25, 0.3) is 0 Å². The van der Waals surface area contributed by atoms with Crippen LogP contribution >= 0.6 is 0 Å². The number of hydrogen-bond acceptors (Lipinski definition) is 6. The molecule has 1 aliphatic heterocycles. The molecule has 0 unspecified atom stereocenters. The second-order valence-electron chi connectivity index (χ2n) is 4.69. The molecule has 2 N–H and O–H groups in total. The summed E-state index contributed by atoms with van der Waals surface area (Å²) in [5, 5.41) is 30.7. The van der Waals surface area contributed by atoms with Crippen LogP contribution in [-0.4, -0.2) is 27.9 Å². The second kappa shape index (κ2) is 5.68. The number of benzene rings is 2. The average Bonchev–Trinajstić information content (AvgIpc) is 2.85. The minimum Gasteiger partial charge on any atom is -0.507 e. The molecule has 0 bridgehead atoms. The maximum atomic E-state index is 11.8. The van der Waals surface area contributed by atoms with Crippen molar-refractivity contribution in [2.45, 2.75) is 0 Å². The maximum absolute atomic E-state index is 11.8. The van der Waals surface area contributed by atoms with Crippen molar-refractivity contribution in [3.05, 3.63) is 63.7 Å². The summed E-state index contributed by atoms with van der Waals surface area (Å²) in [5.74, 6) is -0.553. The van der Waals surface area contributed by atoms with E-state index in [0.29, 0.717) is 11.3 Å². The highest BCUT2D eigenvalue weighted by Crippen LogP contribution is 2.23. The lowest BCUT2D eigenvalue weighted by Gasteiger charge is -1.97. The summed E-state index contributed by atoms with van der Waals surface area (Å²) in [6, 6.07) is 10.6. The van der Waals surface area contributed by atoms with E-state index in [1.807, 2.05) is 0 Å². The van der Waals surface area contributed by atoms with Crippen LogP contribution in [-0.2, 0) is 4.79 Å².